The van der Waals surface area contributed by atoms with Gasteiger partial charge in [-0.2, -0.15) is 0 Å². The zero-order chi connectivity index (χ0) is 53.1. The molecule has 16 heteroatoms. The zero-order valence-corrected chi connectivity index (χ0v) is 45.1. The predicted octanol–water partition coefficient (Wildman–Crippen LogP) is 6.19. The number of likely N-dealkylation sites (tertiary alicyclic amines) is 1. The number of cyclic esters (lactones) is 1. The van der Waals surface area contributed by atoms with E-state index in [1.54, 1.807) is 25.3 Å². The van der Waals surface area contributed by atoms with Crippen LogP contribution >= 0.6 is 0 Å². The largest absolute Gasteiger partial charge is 0.464 e. The normalized spacial score (nSPS) is 21.9. The Morgan fingerprint density at radius 1 is 0.986 bits per heavy atom. The summed E-state index contributed by atoms with van der Waals surface area (Å²) in [4.78, 5) is 81.4. The van der Waals surface area contributed by atoms with Gasteiger partial charge in [-0.05, 0) is 112 Å². The molecule has 0 spiro atoms. The van der Waals surface area contributed by atoms with E-state index < -0.39 is 52.8 Å². The Hall–Kier alpha value is -6.12. The topological polar surface area (TPSA) is 168 Å². The minimum atomic E-state index is -1.07. The van der Waals surface area contributed by atoms with E-state index >= 15 is 0 Å². The van der Waals surface area contributed by atoms with Crippen LogP contribution in [0.4, 0.5) is 0 Å². The van der Waals surface area contributed by atoms with Crippen LogP contribution in [-0.4, -0.2) is 150 Å². The molecule has 2 N–H and O–H groups in total. The number of nitrogens with one attached hydrogen (secondary N) is 2. The second kappa shape index (κ2) is 22.8. The van der Waals surface area contributed by atoms with Gasteiger partial charge < -0.3 is 33.9 Å². The number of rotatable bonds is 10. The van der Waals surface area contributed by atoms with Crippen molar-refractivity contribution >= 4 is 40.5 Å². The molecule has 0 saturated carbocycles. The molecule has 8 rings (SSSR count). The lowest BCUT2D eigenvalue weighted by atomic mass is 9.84. The number of benzene rings is 2. The van der Waals surface area contributed by atoms with Crippen LogP contribution in [0, 0.1) is 29.1 Å². The first-order valence-corrected chi connectivity index (χ1v) is 26.5. The van der Waals surface area contributed by atoms with Crippen LogP contribution in [0.25, 0.3) is 33.3 Å². The van der Waals surface area contributed by atoms with Crippen molar-refractivity contribution in [1.29, 1.82) is 0 Å². The van der Waals surface area contributed by atoms with E-state index in [0.717, 1.165) is 50.1 Å². The summed E-state index contributed by atoms with van der Waals surface area (Å²) >= 11 is 0. The van der Waals surface area contributed by atoms with Crippen LogP contribution in [0.5, 0.6) is 0 Å². The van der Waals surface area contributed by atoms with E-state index in [0.29, 0.717) is 71.4 Å². The third-order valence-electron chi connectivity index (χ3n) is 15.7. The molecule has 2 aromatic heterocycles. The van der Waals surface area contributed by atoms with Crippen LogP contribution in [0.2, 0.25) is 0 Å². The van der Waals surface area contributed by atoms with Gasteiger partial charge in [0.2, 0.25) is 11.8 Å². The third-order valence-corrected chi connectivity index (χ3v) is 15.7. The highest BCUT2D eigenvalue weighted by Crippen LogP contribution is 2.42. The Balaban J connectivity index is 1.10. The molecule has 396 valence electrons. The first-order chi connectivity index (χ1) is 35.3. The molecular weight excluding hydrogens is 937 g/mol. The summed E-state index contributed by atoms with van der Waals surface area (Å²) in [5, 5.41) is 5.61. The molecule has 16 nitrogen and oxygen atoms in total. The molecule has 4 aliphatic heterocycles. The average molecular weight is 1010 g/mol. The zero-order valence-electron chi connectivity index (χ0n) is 45.1. The quantitative estimate of drug-likeness (QED) is 0.137. The maximum absolute atomic E-state index is 14.9. The summed E-state index contributed by atoms with van der Waals surface area (Å²) < 4.78 is 19.9. The van der Waals surface area contributed by atoms with Gasteiger partial charge in [0.05, 0.1) is 35.6 Å². The molecule has 4 amide bonds. The van der Waals surface area contributed by atoms with Crippen molar-refractivity contribution in [2.24, 2.45) is 17.3 Å². The lowest BCUT2D eigenvalue weighted by Gasteiger charge is -2.38. The number of carbonyl (C=O) groups excluding carboxylic acids is 5. The number of hydrazine groups is 1. The lowest BCUT2D eigenvalue weighted by Crippen LogP contribution is -2.62. The van der Waals surface area contributed by atoms with Crippen LogP contribution in [-0.2, 0) is 57.6 Å². The number of fused-ring (bicyclic) bond motifs is 6. The molecular formula is C58H76N8O8. The first kappa shape index (κ1) is 54.2. The van der Waals surface area contributed by atoms with Gasteiger partial charge in [-0.1, -0.05) is 63.9 Å². The fourth-order valence-electron chi connectivity index (χ4n) is 11.4. The number of carbonyl (C=O) groups is 5. The number of nitrogens with zero attached hydrogens (tertiary/aromatic N) is 6. The molecule has 6 bridgehead atoms. The molecule has 2 aromatic carbocycles. The van der Waals surface area contributed by atoms with E-state index in [-0.39, 0.29) is 43.4 Å². The highest BCUT2D eigenvalue weighted by atomic mass is 16.5. The van der Waals surface area contributed by atoms with Gasteiger partial charge in [-0.25, -0.2) is 5.43 Å². The molecule has 3 saturated heterocycles. The smallest absolute Gasteiger partial charge is 0.324 e. The van der Waals surface area contributed by atoms with Crippen molar-refractivity contribution in [3.8, 4) is 34.2 Å². The number of pyridine rings is 1. The molecule has 4 aliphatic rings. The van der Waals surface area contributed by atoms with E-state index in [9.17, 15) is 24.0 Å². The standard InChI is InChI=1S/C58H76N8O8/c1-11-65-48-20-19-41-33-44(48)45(52(65)43-17-13-26-59-50(43)38(4)72-10)34-57(5,6)36-74-56(71)46-18-14-27-66(61-46)55(70)47(32-39-15-12-16-40(41)31-39)60-53(68)51(37(2)3)63(9)54(69)42-22-28-64(35-42)49(67)21-23-58(62(7)8)24-29-73-30-25-58/h12-13,15-17,19-20,26,31,33,37-38,42,46-47,51,61H,11,14,18,22,24-25,27-30,32,34-36H2,1-10H3,(H,60,68)/t38-,42-,46-,47-,51-/m0/s1. The van der Waals surface area contributed by atoms with E-state index in [1.165, 1.54) is 9.91 Å². The second-order valence-corrected chi connectivity index (χ2v) is 22.0. The third kappa shape index (κ3) is 11.4. The molecule has 5 atom stereocenters. The van der Waals surface area contributed by atoms with Crippen LogP contribution in [0.1, 0.15) is 96.6 Å². The molecule has 4 aromatic rings. The minimum Gasteiger partial charge on any atom is -0.464 e. The first-order valence-electron chi connectivity index (χ1n) is 26.5. The Kier molecular flexibility index (Phi) is 16.7. The van der Waals surface area contributed by atoms with Crippen LogP contribution in [0.3, 0.4) is 0 Å². The van der Waals surface area contributed by atoms with E-state index in [4.69, 9.17) is 19.2 Å². The van der Waals surface area contributed by atoms with Crippen molar-refractivity contribution in [1.82, 2.24) is 40.0 Å². The molecule has 74 heavy (non-hydrogen) atoms. The average Bonchev–Trinajstić information content (AvgIpc) is 4.01. The van der Waals surface area contributed by atoms with E-state index in [2.05, 4.69) is 84.3 Å². The molecule has 0 aliphatic carbocycles. The van der Waals surface area contributed by atoms with Crippen molar-refractivity contribution in [2.75, 3.05) is 67.7 Å². The number of esters is 1. The van der Waals surface area contributed by atoms with Gasteiger partial charge in [0, 0.05) is 101 Å². The predicted molar refractivity (Wildman–Crippen MR) is 284 cm³/mol. The second-order valence-electron chi connectivity index (χ2n) is 22.0. The van der Waals surface area contributed by atoms with Crippen LogP contribution in [0.15, 0.2) is 60.8 Å². The fourth-order valence-corrected chi connectivity index (χ4v) is 11.4. The fraction of sp³-hybridized carbons (Fsp3) is 0.552. The van der Waals surface area contributed by atoms with Gasteiger partial charge >= 0.3 is 5.97 Å². The summed E-state index contributed by atoms with van der Waals surface area (Å²) in [7, 11) is 7.24. The number of hydrogen-bond acceptors (Lipinski definition) is 11. The Bertz CT molecular complexity index is 2800. The SMILES string of the molecule is CCn1c(-c2cccnc2[C@H](C)OC)c2c3cc(ccc31)-c1cccc(c1)C[C@H](NC(=O)[C@H](C(C)C)N(C)C(=O)[C@H]1CCN(C(=O)C#CC3(N(C)C)CCOCC3)C1)C(=O)N1CCC[C@H](N1)C(=O)OCC(C)(C)C2. The maximum atomic E-state index is 14.9. The Morgan fingerprint density at radius 3 is 2.46 bits per heavy atom. The highest BCUT2D eigenvalue weighted by Gasteiger charge is 2.41. The lowest BCUT2D eigenvalue weighted by molar-refractivity contribution is -0.155. The minimum absolute atomic E-state index is 0.130. The summed E-state index contributed by atoms with van der Waals surface area (Å²) in [5.74, 6) is 3.35. The number of amides is 4. The van der Waals surface area contributed by atoms with Gasteiger partial charge in [0.1, 0.15) is 18.1 Å². The number of ether oxygens (including phenoxy) is 3. The van der Waals surface area contributed by atoms with Gasteiger partial charge in [-0.15, -0.1) is 0 Å². The molecule has 6 heterocycles. The Morgan fingerprint density at radius 2 is 1.74 bits per heavy atom. The molecule has 0 unspecified atom stereocenters. The van der Waals surface area contributed by atoms with E-state index in [1.807, 2.05) is 58.0 Å². The number of likely N-dealkylation sites (N-methyl/N-ethyl adjacent to an activating group) is 1. The van der Waals surface area contributed by atoms with Crippen molar-refractivity contribution in [2.45, 2.75) is 123 Å². The Labute approximate surface area is 436 Å². The summed E-state index contributed by atoms with van der Waals surface area (Å²) in [6.07, 6.45) is 5.09. The summed E-state index contributed by atoms with van der Waals surface area (Å²) in [6.45, 7) is 15.0. The summed E-state index contributed by atoms with van der Waals surface area (Å²) in [5.41, 5.74) is 10.00. The van der Waals surface area contributed by atoms with Gasteiger partial charge in [0.25, 0.3) is 11.8 Å². The monoisotopic (exact) mass is 1010 g/mol. The maximum Gasteiger partial charge on any atom is 0.324 e. The van der Waals surface area contributed by atoms with Crippen LogP contribution < -0.4 is 10.7 Å². The highest BCUT2D eigenvalue weighted by molar-refractivity contribution is 5.97. The van der Waals surface area contributed by atoms with Crippen molar-refractivity contribution < 1.29 is 38.2 Å². The number of aromatic nitrogens is 2. The van der Waals surface area contributed by atoms with Gasteiger partial charge in [-0.3, -0.25) is 38.9 Å². The molecule has 0 radical (unpaired) electrons. The molecule has 3 fully saturated rings. The number of hydrogen-bond donors (Lipinski definition) is 2. The number of aryl methyl sites for hydroxylation is 1. The number of methoxy groups -OCH3 is 1. The van der Waals surface area contributed by atoms with Crippen molar-refractivity contribution in [3.05, 3.63) is 77.6 Å². The van der Waals surface area contributed by atoms with Gasteiger partial charge in [0.15, 0.2) is 0 Å². The van der Waals surface area contributed by atoms with Crippen molar-refractivity contribution in [3.63, 3.8) is 0 Å². The summed E-state index contributed by atoms with van der Waals surface area (Å²) in [6, 6.07) is 15.8.